The van der Waals surface area contributed by atoms with Crippen LogP contribution in [0.15, 0.2) is 36.4 Å². The van der Waals surface area contributed by atoms with Gasteiger partial charge in [-0.2, -0.15) is 0 Å². The van der Waals surface area contributed by atoms with E-state index >= 15 is 0 Å². The summed E-state index contributed by atoms with van der Waals surface area (Å²) in [7, 11) is 1.71. The van der Waals surface area contributed by atoms with Crippen LogP contribution >= 0.6 is 0 Å². The number of aromatic hydroxyl groups is 2. The van der Waals surface area contributed by atoms with Crippen LogP contribution in [0.5, 0.6) is 17.5 Å². The number of benzene rings is 1. The molecule has 0 radical (unpaired) electrons. The molecule has 0 spiro atoms. The molecule has 2 N–H and O–H groups in total. The average Bonchev–Trinajstić information content (AvgIpc) is 3.46. The fourth-order valence-electron chi connectivity index (χ4n) is 5.09. The van der Waals surface area contributed by atoms with Gasteiger partial charge >= 0.3 is 0 Å². The first-order valence-electron chi connectivity index (χ1n) is 10.8. The van der Waals surface area contributed by atoms with E-state index in [1.807, 2.05) is 18.2 Å². The van der Waals surface area contributed by atoms with Crippen molar-refractivity contribution in [3.05, 3.63) is 47.5 Å². The van der Waals surface area contributed by atoms with Crippen LogP contribution in [-0.4, -0.2) is 66.3 Å². The molecule has 0 saturated carbocycles. The van der Waals surface area contributed by atoms with Gasteiger partial charge in [0.2, 0.25) is 11.8 Å². The van der Waals surface area contributed by atoms with Gasteiger partial charge in [0.1, 0.15) is 12.4 Å². The Morgan fingerprint density at radius 3 is 2.30 bits per heavy atom. The molecule has 1 aliphatic heterocycles. The molecule has 30 heavy (non-hydrogen) atoms. The number of methoxy groups -OCH3 is 1. The van der Waals surface area contributed by atoms with Crippen LogP contribution in [0.2, 0.25) is 0 Å². The largest absolute Gasteiger partial charge is 0.495 e. The SMILES string of the molecule is COc1ccccc1N1CCN(CCCOn2c(O)c3c(c2O)C2C=CC3C2)CC1. The average molecular weight is 412 g/mol. The maximum atomic E-state index is 10.5. The van der Waals surface area contributed by atoms with E-state index < -0.39 is 0 Å². The van der Waals surface area contributed by atoms with E-state index in [-0.39, 0.29) is 23.6 Å². The predicted octanol–water partition coefficient (Wildman–Crippen LogP) is 2.69. The van der Waals surface area contributed by atoms with E-state index in [4.69, 9.17) is 9.57 Å². The van der Waals surface area contributed by atoms with Crippen molar-refractivity contribution in [2.75, 3.05) is 51.3 Å². The Hall–Kier alpha value is -2.80. The summed E-state index contributed by atoms with van der Waals surface area (Å²) in [4.78, 5) is 10.5. The molecule has 2 atom stereocenters. The summed E-state index contributed by atoms with van der Waals surface area (Å²) < 4.78 is 6.71. The molecule has 2 unspecified atom stereocenters. The normalized spacial score (nSPS) is 22.5. The first kappa shape index (κ1) is 19.2. The van der Waals surface area contributed by atoms with Gasteiger partial charge in [0.25, 0.3) is 0 Å². The summed E-state index contributed by atoms with van der Waals surface area (Å²) in [6.07, 6.45) is 6.01. The fraction of sp³-hybridized carbons (Fsp3) is 0.478. The van der Waals surface area contributed by atoms with Crippen molar-refractivity contribution in [3.63, 3.8) is 0 Å². The first-order valence-corrected chi connectivity index (χ1v) is 10.8. The molecule has 160 valence electrons. The topological polar surface area (TPSA) is 70.3 Å². The summed E-state index contributed by atoms with van der Waals surface area (Å²) in [5.41, 5.74) is 2.83. The Morgan fingerprint density at radius 1 is 0.967 bits per heavy atom. The molecule has 5 rings (SSSR count). The number of para-hydroxylation sites is 2. The fourth-order valence-corrected chi connectivity index (χ4v) is 5.09. The summed E-state index contributed by atoms with van der Waals surface area (Å²) in [5, 5.41) is 21.0. The molecule has 3 aliphatic rings. The smallest absolute Gasteiger partial charge is 0.233 e. The molecule has 2 aliphatic carbocycles. The summed E-state index contributed by atoms with van der Waals surface area (Å²) in [6.45, 7) is 5.27. The zero-order chi connectivity index (χ0) is 20.7. The number of allylic oxidation sites excluding steroid dienone is 2. The van der Waals surface area contributed by atoms with Crippen molar-refractivity contribution in [2.24, 2.45) is 0 Å². The highest BCUT2D eigenvalue weighted by atomic mass is 16.7. The Bertz CT molecular complexity index is 911. The van der Waals surface area contributed by atoms with Gasteiger partial charge in [0.15, 0.2) is 0 Å². The molecule has 1 aromatic carbocycles. The molecule has 1 saturated heterocycles. The van der Waals surface area contributed by atoms with Crippen LogP contribution in [0.4, 0.5) is 5.69 Å². The number of hydrogen-bond acceptors (Lipinski definition) is 6. The Balaban J connectivity index is 1.10. The molecular weight excluding hydrogens is 382 g/mol. The number of ether oxygens (including phenoxy) is 1. The maximum absolute atomic E-state index is 10.5. The Morgan fingerprint density at radius 2 is 1.63 bits per heavy atom. The molecule has 2 bridgehead atoms. The van der Waals surface area contributed by atoms with Crippen LogP contribution in [0.3, 0.4) is 0 Å². The van der Waals surface area contributed by atoms with E-state index in [2.05, 4.69) is 28.0 Å². The van der Waals surface area contributed by atoms with Crippen LogP contribution in [0.25, 0.3) is 0 Å². The minimum Gasteiger partial charge on any atom is -0.495 e. The van der Waals surface area contributed by atoms with Gasteiger partial charge in [-0.1, -0.05) is 24.3 Å². The summed E-state index contributed by atoms with van der Waals surface area (Å²) in [6, 6.07) is 8.15. The number of piperazine rings is 1. The first-order chi connectivity index (χ1) is 14.7. The number of hydrogen-bond donors (Lipinski definition) is 2. The molecular formula is C23H29N3O4. The van der Waals surface area contributed by atoms with Gasteiger partial charge < -0.3 is 24.7 Å². The van der Waals surface area contributed by atoms with Gasteiger partial charge in [-0.15, -0.1) is 4.73 Å². The van der Waals surface area contributed by atoms with Crippen molar-refractivity contribution in [1.29, 1.82) is 0 Å². The van der Waals surface area contributed by atoms with E-state index in [0.29, 0.717) is 6.61 Å². The molecule has 2 heterocycles. The summed E-state index contributed by atoms with van der Waals surface area (Å²) in [5.74, 6) is 1.45. The molecule has 7 heteroatoms. The van der Waals surface area contributed by atoms with Gasteiger partial charge in [0, 0.05) is 55.7 Å². The lowest BCUT2D eigenvalue weighted by atomic mass is 10.0. The predicted molar refractivity (Wildman–Crippen MR) is 115 cm³/mol. The summed E-state index contributed by atoms with van der Waals surface area (Å²) >= 11 is 0. The third-order valence-corrected chi connectivity index (χ3v) is 6.62. The molecule has 0 amide bonds. The number of fused-ring (bicyclic) bond motifs is 5. The van der Waals surface area contributed by atoms with Crippen molar-refractivity contribution in [1.82, 2.24) is 9.63 Å². The standard InChI is InChI=1S/C23H29N3O4/c1-29-19-6-3-2-5-18(19)25-12-10-24(11-13-25)9-4-14-30-26-22(27)20-16-7-8-17(15-16)21(20)23(26)28/h2-3,5-8,16-17,27-28H,4,9-15H2,1H3. The molecule has 7 nitrogen and oxygen atoms in total. The zero-order valence-corrected chi connectivity index (χ0v) is 17.3. The number of anilines is 1. The third kappa shape index (κ3) is 3.17. The van der Waals surface area contributed by atoms with Gasteiger partial charge in [-0.25, -0.2) is 0 Å². The Kier molecular flexibility index (Phi) is 4.98. The highest BCUT2D eigenvalue weighted by Gasteiger charge is 2.41. The van der Waals surface area contributed by atoms with Crippen molar-refractivity contribution < 1.29 is 19.8 Å². The van der Waals surface area contributed by atoms with E-state index in [0.717, 1.165) is 68.1 Å². The second-order valence-corrected chi connectivity index (χ2v) is 8.29. The van der Waals surface area contributed by atoms with Crippen LogP contribution in [0, 0.1) is 0 Å². The highest BCUT2D eigenvalue weighted by molar-refractivity contribution is 5.59. The van der Waals surface area contributed by atoms with Crippen LogP contribution in [-0.2, 0) is 0 Å². The number of nitrogens with zero attached hydrogens (tertiary/aromatic N) is 3. The van der Waals surface area contributed by atoms with Crippen LogP contribution < -0.4 is 14.5 Å². The molecule has 2 aromatic rings. The van der Waals surface area contributed by atoms with Gasteiger partial charge in [0.05, 0.1) is 12.8 Å². The maximum Gasteiger partial charge on any atom is 0.233 e. The van der Waals surface area contributed by atoms with Gasteiger partial charge in [-0.3, -0.25) is 4.90 Å². The van der Waals surface area contributed by atoms with E-state index in [9.17, 15) is 10.2 Å². The lowest BCUT2D eigenvalue weighted by Crippen LogP contribution is -2.47. The van der Waals surface area contributed by atoms with Gasteiger partial charge in [-0.05, 0) is 25.0 Å². The quantitative estimate of drug-likeness (QED) is 0.539. The van der Waals surface area contributed by atoms with E-state index in [1.165, 1.54) is 4.73 Å². The highest BCUT2D eigenvalue weighted by Crippen LogP contribution is 2.56. The lowest BCUT2D eigenvalue weighted by molar-refractivity contribution is 0.0669. The second-order valence-electron chi connectivity index (χ2n) is 8.29. The Labute approximate surface area is 176 Å². The third-order valence-electron chi connectivity index (χ3n) is 6.62. The lowest BCUT2D eigenvalue weighted by Gasteiger charge is -2.36. The van der Waals surface area contributed by atoms with Crippen molar-refractivity contribution >= 4 is 5.69 Å². The minimum atomic E-state index is 0.0600. The minimum absolute atomic E-state index is 0.0600. The van der Waals surface area contributed by atoms with Crippen molar-refractivity contribution in [3.8, 4) is 17.5 Å². The molecule has 1 aromatic heterocycles. The monoisotopic (exact) mass is 411 g/mol. The van der Waals surface area contributed by atoms with Crippen molar-refractivity contribution in [2.45, 2.75) is 24.7 Å². The second kappa shape index (κ2) is 7.80. The van der Waals surface area contributed by atoms with Crippen LogP contribution in [0.1, 0.15) is 35.8 Å². The number of aromatic nitrogens is 1. The van der Waals surface area contributed by atoms with E-state index in [1.54, 1.807) is 7.11 Å². The molecule has 1 fully saturated rings. The zero-order valence-electron chi connectivity index (χ0n) is 17.3. The number of rotatable bonds is 7.